The van der Waals surface area contributed by atoms with Crippen molar-refractivity contribution in [1.29, 1.82) is 0 Å². The van der Waals surface area contributed by atoms with Gasteiger partial charge in [0.25, 0.3) is 0 Å². The van der Waals surface area contributed by atoms with Crippen molar-refractivity contribution in [2.24, 2.45) is 7.05 Å². The minimum atomic E-state index is 0.206. The molecule has 0 aromatic carbocycles. The fraction of sp³-hybridized carbons (Fsp3) is 0.778. The first kappa shape index (κ1) is 11.5. The Bertz CT molecular complexity index is 272. The standard InChI is InChI=1S/C9H17ClN4/c1-7(10)4-8(2)11-5-9-12-6-13-14(9)3/h6-8,11H,4-5H2,1-3H3. The van der Waals surface area contributed by atoms with Crippen molar-refractivity contribution in [3.05, 3.63) is 12.2 Å². The van der Waals surface area contributed by atoms with Crippen molar-refractivity contribution in [1.82, 2.24) is 20.1 Å². The van der Waals surface area contributed by atoms with E-state index in [-0.39, 0.29) is 5.38 Å². The number of halogens is 1. The summed E-state index contributed by atoms with van der Waals surface area (Å²) in [6.45, 7) is 4.86. The summed E-state index contributed by atoms with van der Waals surface area (Å²) in [4.78, 5) is 4.12. The summed E-state index contributed by atoms with van der Waals surface area (Å²) in [5, 5.41) is 7.55. The summed E-state index contributed by atoms with van der Waals surface area (Å²) in [6, 6.07) is 0.402. The molecular weight excluding hydrogens is 200 g/mol. The smallest absolute Gasteiger partial charge is 0.140 e. The summed E-state index contributed by atoms with van der Waals surface area (Å²) in [5.41, 5.74) is 0. The van der Waals surface area contributed by atoms with Crippen LogP contribution < -0.4 is 5.32 Å². The minimum Gasteiger partial charge on any atom is -0.307 e. The molecule has 14 heavy (non-hydrogen) atoms. The van der Waals surface area contributed by atoms with E-state index in [1.807, 2.05) is 14.0 Å². The molecule has 1 aromatic rings. The van der Waals surface area contributed by atoms with E-state index in [1.165, 1.54) is 0 Å². The van der Waals surface area contributed by atoms with E-state index >= 15 is 0 Å². The lowest BCUT2D eigenvalue weighted by molar-refractivity contribution is 0.492. The first-order valence-electron chi connectivity index (χ1n) is 4.80. The summed E-state index contributed by atoms with van der Waals surface area (Å²) < 4.78 is 1.77. The molecule has 1 N–H and O–H groups in total. The number of hydrogen-bond acceptors (Lipinski definition) is 3. The molecule has 0 fully saturated rings. The topological polar surface area (TPSA) is 42.7 Å². The monoisotopic (exact) mass is 216 g/mol. The fourth-order valence-corrected chi connectivity index (χ4v) is 1.58. The highest BCUT2D eigenvalue weighted by Gasteiger charge is 2.07. The molecule has 0 bridgehead atoms. The van der Waals surface area contributed by atoms with Crippen LogP contribution in [0.25, 0.3) is 0 Å². The average Bonchev–Trinajstić information content (AvgIpc) is 2.46. The highest BCUT2D eigenvalue weighted by atomic mass is 35.5. The molecule has 0 saturated heterocycles. The third-order valence-electron chi connectivity index (χ3n) is 2.09. The van der Waals surface area contributed by atoms with Crippen LogP contribution in [-0.2, 0) is 13.6 Å². The SMILES string of the molecule is CC(Cl)CC(C)NCc1ncnn1C. The predicted octanol–water partition coefficient (Wildman–Crippen LogP) is 1.31. The van der Waals surface area contributed by atoms with Gasteiger partial charge in [-0.2, -0.15) is 5.10 Å². The maximum Gasteiger partial charge on any atom is 0.140 e. The number of nitrogens with zero attached hydrogens (tertiary/aromatic N) is 3. The van der Waals surface area contributed by atoms with Crippen LogP contribution in [0.1, 0.15) is 26.1 Å². The molecule has 4 nitrogen and oxygen atoms in total. The van der Waals surface area contributed by atoms with Gasteiger partial charge in [-0.25, -0.2) is 4.98 Å². The maximum atomic E-state index is 5.89. The van der Waals surface area contributed by atoms with Gasteiger partial charge >= 0.3 is 0 Å². The highest BCUT2D eigenvalue weighted by molar-refractivity contribution is 6.20. The van der Waals surface area contributed by atoms with Gasteiger partial charge in [0.2, 0.25) is 0 Å². The van der Waals surface area contributed by atoms with E-state index < -0.39 is 0 Å². The number of alkyl halides is 1. The van der Waals surface area contributed by atoms with E-state index in [1.54, 1.807) is 11.0 Å². The zero-order valence-electron chi connectivity index (χ0n) is 8.87. The molecule has 0 aliphatic heterocycles. The van der Waals surface area contributed by atoms with Gasteiger partial charge in [-0.05, 0) is 20.3 Å². The van der Waals surface area contributed by atoms with Crippen molar-refractivity contribution in [3.63, 3.8) is 0 Å². The molecule has 0 saturated carbocycles. The Kier molecular flexibility index (Phi) is 4.35. The first-order valence-corrected chi connectivity index (χ1v) is 5.23. The zero-order chi connectivity index (χ0) is 10.6. The van der Waals surface area contributed by atoms with Crippen LogP contribution in [-0.4, -0.2) is 26.2 Å². The second-order valence-electron chi connectivity index (χ2n) is 3.60. The predicted molar refractivity (Wildman–Crippen MR) is 57.2 cm³/mol. The summed E-state index contributed by atoms with van der Waals surface area (Å²) in [6.07, 6.45) is 2.52. The number of aryl methyl sites for hydroxylation is 1. The Morgan fingerprint density at radius 2 is 2.29 bits per heavy atom. The molecule has 0 aliphatic carbocycles. The molecule has 1 rings (SSSR count). The van der Waals surface area contributed by atoms with E-state index in [9.17, 15) is 0 Å². The second kappa shape index (κ2) is 5.32. The first-order chi connectivity index (χ1) is 6.59. The van der Waals surface area contributed by atoms with Crippen molar-refractivity contribution >= 4 is 11.6 Å². The van der Waals surface area contributed by atoms with Crippen molar-refractivity contribution < 1.29 is 0 Å². The largest absolute Gasteiger partial charge is 0.307 e. The molecule has 0 aliphatic rings. The van der Waals surface area contributed by atoms with Crippen molar-refractivity contribution in [2.75, 3.05) is 0 Å². The Labute approximate surface area is 89.7 Å². The lowest BCUT2D eigenvalue weighted by atomic mass is 10.2. The average molecular weight is 217 g/mol. The van der Waals surface area contributed by atoms with Gasteiger partial charge in [0.05, 0.1) is 6.54 Å². The van der Waals surface area contributed by atoms with E-state index in [0.29, 0.717) is 6.04 Å². The maximum absolute atomic E-state index is 5.89. The van der Waals surface area contributed by atoms with Crippen LogP contribution >= 0.6 is 11.6 Å². The van der Waals surface area contributed by atoms with Crippen LogP contribution in [0.4, 0.5) is 0 Å². The molecule has 1 aromatic heterocycles. The molecule has 0 amide bonds. The molecule has 5 heteroatoms. The van der Waals surface area contributed by atoms with Gasteiger partial charge in [0.1, 0.15) is 12.2 Å². The fourth-order valence-electron chi connectivity index (χ4n) is 1.32. The normalized spacial score (nSPS) is 15.4. The number of rotatable bonds is 5. The van der Waals surface area contributed by atoms with Gasteiger partial charge in [-0.3, -0.25) is 4.68 Å². The molecule has 0 spiro atoms. The lowest BCUT2D eigenvalue weighted by Gasteiger charge is -2.14. The Morgan fingerprint density at radius 3 is 2.79 bits per heavy atom. The van der Waals surface area contributed by atoms with Crippen LogP contribution in [0.3, 0.4) is 0 Å². The number of hydrogen-bond donors (Lipinski definition) is 1. The minimum absolute atomic E-state index is 0.206. The van der Waals surface area contributed by atoms with Crippen LogP contribution in [0, 0.1) is 0 Å². The van der Waals surface area contributed by atoms with E-state index in [4.69, 9.17) is 11.6 Å². The van der Waals surface area contributed by atoms with Gasteiger partial charge in [-0.1, -0.05) is 0 Å². The lowest BCUT2D eigenvalue weighted by Crippen LogP contribution is -2.28. The second-order valence-corrected chi connectivity index (χ2v) is 4.34. The molecular formula is C9H17ClN4. The quantitative estimate of drug-likeness (QED) is 0.755. The van der Waals surface area contributed by atoms with E-state index in [2.05, 4.69) is 22.3 Å². The zero-order valence-corrected chi connectivity index (χ0v) is 9.62. The van der Waals surface area contributed by atoms with Crippen LogP contribution in [0.2, 0.25) is 0 Å². The number of nitrogens with one attached hydrogen (secondary N) is 1. The molecule has 1 heterocycles. The van der Waals surface area contributed by atoms with Crippen molar-refractivity contribution in [2.45, 2.75) is 38.2 Å². The van der Waals surface area contributed by atoms with Crippen LogP contribution in [0.5, 0.6) is 0 Å². The molecule has 2 atom stereocenters. The molecule has 0 radical (unpaired) electrons. The van der Waals surface area contributed by atoms with Gasteiger partial charge < -0.3 is 5.32 Å². The third-order valence-corrected chi connectivity index (χ3v) is 2.27. The number of aromatic nitrogens is 3. The van der Waals surface area contributed by atoms with Gasteiger partial charge in [0.15, 0.2) is 0 Å². The highest BCUT2D eigenvalue weighted by Crippen LogP contribution is 2.04. The Morgan fingerprint density at radius 1 is 1.57 bits per heavy atom. The third kappa shape index (κ3) is 3.64. The summed E-state index contributed by atoms with van der Waals surface area (Å²) in [7, 11) is 1.89. The molecule has 80 valence electrons. The molecule has 2 unspecified atom stereocenters. The van der Waals surface area contributed by atoms with E-state index in [0.717, 1.165) is 18.8 Å². The van der Waals surface area contributed by atoms with Gasteiger partial charge in [0, 0.05) is 18.5 Å². The summed E-state index contributed by atoms with van der Waals surface area (Å²) >= 11 is 5.89. The summed E-state index contributed by atoms with van der Waals surface area (Å²) in [5.74, 6) is 0.944. The van der Waals surface area contributed by atoms with Crippen molar-refractivity contribution in [3.8, 4) is 0 Å². The Hall–Kier alpha value is -0.610. The van der Waals surface area contributed by atoms with Gasteiger partial charge in [-0.15, -0.1) is 11.6 Å². The van der Waals surface area contributed by atoms with Crippen LogP contribution in [0.15, 0.2) is 6.33 Å². The Balaban J connectivity index is 2.30.